The fourth-order valence-electron chi connectivity index (χ4n) is 3.73. The van der Waals surface area contributed by atoms with E-state index >= 15 is 0 Å². The molecule has 31 heavy (non-hydrogen) atoms. The molecule has 1 aromatic heterocycles. The van der Waals surface area contributed by atoms with Gasteiger partial charge >= 0.3 is 6.03 Å². The fraction of sp³-hybridized carbons (Fsp3) is 0.261. The summed E-state index contributed by atoms with van der Waals surface area (Å²) in [5.74, 6) is 0.574. The molecule has 162 valence electrons. The Balaban J connectivity index is 1.35. The van der Waals surface area contributed by atoms with Crippen LogP contribution in [-0.4, -0.2) is 43.7 Å². The van der Waals surface area contributed by atoms with Crippen molar-refractivity contribution in [2.75, 3.05) is 42.9 Å². The lowest BCUT2D eigenvalue weighted by molar-refractivity contribution is 0.162. The molecular formula is C23H24ClFN4O2. The summed E-state index contributed by atoms with van der Waals surface area (Å²) >= 11 is 5.89. The van der Waals surface area contributed by atoms with Gasteiger partial charge in [-0.3, -0.25) is 4.90 Å². The van der Waals surface area contributed by atoms with E-state index in [0.717, 1.165) is 37.6 Å². The molecule has 1 aliphatic rings. The third kappa shape index (κ3) is 5.57. The monoisotopic (exact) mass is 442 g/mol. The molecule has 0 aliphatic carbocycles. The number of urea groups is 1. The van der Waals surface area contributed by atoms with Crippen LogP contribution in [0.4, 0.5) is 20.6 Å². The number of hydrogen-bond donors (Lipinski definition) is 2. The van der Waals surface area contributed by atoms with Crippen molar-refractivity contribution < 1.29 is 13.6 Å². The van der Waals surface area contributed by atoms with Gasteiger partial charge in [0.1, 0.15) is 11.6 Å². The van der Waals surface area contributed by atoms with Crippen molar-refractivity contribution in [1.29, 1.82) is 0 Å². The molecule has 3 aromatic rings. The van der Waals surface area contributed by atoms with Crippen LogP contribution in [0, 0.1) is 5.82 Å². The number of carbonyl (C=O) groups excluding carboxylic acids is 1. The Kier molecular flexibility index (Phi) is 6.74. The summed E-state index contributed by atoms with van der Waals surface area (Å²) in [5.41, 5.74) is 1.68. The summed E-state index contributed by atoms with van der Waals surface area (Å²) in [7, 11) is 0. The molecule has 1 atom stereocenters. The molecule has 8 heteroatoms. The van der Waals surface area contributed by atoms with Gasteiger partial charge in [0.2, 0.25) is 0 Å². The molecule has 2 heterocycles. The van der Waals surface area contributed by atoms with Crippen LogP contribution in [0.15, 0.2) is 71.3 Å². The molecule has 2 amide bonds. The van der Waals surface area contributed by atoms with Gasteiger partial charge in [0.25, 0.3) is 0 Å². The lowest BCUT2D eigenvalue weighted by Gasteiger charge is -2.39. The van der Waals surface area contributed by atoms with Gasteiger partial charge in [-0.2, -0.15) is 0 Å². The van der Waals surface area contributed by atoms with E-state index in [-0.39, 0.29) is 17.9 Å². The maximum atomic E-state index is 13.2. The second-order valence-corrected chi connectivity index (χ2v) is 7.81. The summed E-state index contributed by atoms with van der Waals surface area (Å²) in [6, 6.07) is 16.9. The van der Waals surface area contributed by atoms with Crippen molar-refractivity contribution in [2.45, 2.75) is 6.04 Å². The summed E-state index contributed by atoms with van der Waals surface area (Å²) in [6.45, 7) is 3.61. The smallest absolute Gasteiger partial charge is 0.319 e. The van der Waals surface area contributed by atoms with Crippen LogP contribution in [-0.2, 0) is 0 Å². The number of carbonyl (C=O) groups is 1. The highest BCUT2D eigenvalue weighted by molar-refractivity contribution is 6.30. The van der Waals surface area contributed by atoms with Gasteiger partial charge < -0.3 is 20.0 Å². The Morgan fingerprint density at radius 2 is 1.74 bits per heavy atom. The minimum absolute atomic E-state index is 0.0821. The first-order chi connectivity index (χ1) is 15.1. The van der Waals surface area contributed by atoms with Crippen LogP contribution in [0.25, 0.3) is 0 Å². The number of nitrogens with one attached hydrogen (secondary N) is 2. The first-order valence-corrected chi connectivity index (χ1v) is 10.5. The Hall–Kier alpha value is -3.03. The number of benzene rings is 2. The van der Waals surface area contributed by atoms with E-state index < -0.39 is 0 Å². The third-order valence-electron chi connectivity index (χ3n) is 5.38. The molecule has 6 nitrogen and oxygen atoms in total. The first-order valence-electron chi connectivity index (χ1n) is 10.2. The van der Waals surface area contributed by atoms with Crippen LogP contribution in [0.3, 0.4) is 0 Å². The zero-order valence-corrected chi connectivity index (χ0v) is 17.7. The molecule has 2 N–H and O–H groups in total. The van der Waals surface area contributed by atoms with Crippen LogP contribution in [0.2, 0.25) is 5.02 Å². The van der Waals surface area contributed by atoms with Crippen LogP contribution < -0.4 is 15.5 Å². The third-order valence-corrected chi connectivity index (χ3v) is 5.63. The average molecular weight is 443 g/mol. The average Bonchev–Trinajstić information content (AvgIpc) is 3.31. The van der Waals surface area contributed by atoms with Crippen molar-refractivity contribution in [3.05, 3.63) is 83.5 Å². The number of anilines is 2. The van der Waals surface area contributed by atoms with Crippen LogP contribution >= 0.6 is 11.6 Å². The highest BCUT2D eigenvalue weighted by Crippen LogP contribution is 2.24. The summed E-state index contributed by atoms with van der Waals surface area (Å²) < 4.78 is 18.9. The zero-order valence-electron chi connectivity index (χ0n) is 16.9. The topological polar surface area (TPSA) is 60.8 Å². The number of hydrogen-bond acceptors (Lipinski definition) is 4. The number of amides is 2. The number of furan rings is 1. The molecule has 0 spiro atoms. The normalized spacial score (nSPS) is 15.5. The summed E-state index contributed by atoms with van der Waals surface area (Å²) in [6.07, 6.45) is 1.64. The maximum absolute atomic E-state index is 13.2. The number of nitrogens with zero attached hydrogens (tertiary/aromatic N) is 2. The minimum Gasteiger partial charge on any atom is -0.468 e. The molecule has 0 bridgehead atoms. The van der Waals surface area contributed by atoms with Crippen molar-refractivity contribution in [3.8, 4) is 0 Å². The van der Waals surface area contributed by atoms with E-state index in [4.69, 9.17) is 16.0 Å². The Morgan fingerprint density at radius 3 is 2.39 bits per heavy atom. The standard InChI is InChI=1S/C23H24ClFN4O2/c24-17-3-7-19(8-4-17)27-23(30)26-16-21(22-2-1-15-31-22)29-13-11-28(12-14-29)20-9-5-18(25)6-10-20/h1-10,15,21H,11-14,16H2,(H2,26,27,30). The fourth-order valence-corrected chi connectivity index (χ4v) is 3.86. The molecule has 0 saturated carbocycles. The molecule has 1 aliphatic heterocycles. The van der Waals surface area contributed by atoms with Crippen molar-refractivity contribution >= 4 is 29.0 Å². The molecule has 1 unspecified atom stereocenters. The maximum Gasteiger partial charge on any atom is 0.319 e. The highest BCUT2D eigenvalue weighted by atomic mass is 35.5. The van der Waals surface area contributed by atoms with E-state index in [0.29, 0.717) is 17.3 Å². The van der Waals surface area contributed by atoms with Gasteiger partial charge in [-0.15, -0.1) is 0 Å². The largest absolute Gasteiger partial charge is 0.468 e. The second-order valence-electron chi connectivity index (χ2n) is 7.37. The number of halogens is 2. The van der Waals surface area contributed by atoms with Crippen LogP contribution in [0.1, 0.15) is 11.8 Å². The summed E-state index contributed by atoms with van der Waals surface area (Å²) in [5, 5.41) is 6.36. The predicted molar refractivity (Wildman–Crippen MR) is 120 cm³/mol. The Morgan fingerprint density at radius 1 is 1.03 bits per heavy atom. The molecular weight excluding hydrogens is 419 g/mol. The first kappa shape index (κ1) is 21.2. The number of piperazine rings is 1. The van der Waals surface area contributed by atoms with Crippen molar-refractivity contribution in [3.63, 3.8) is 0 Å². The van der Waals surface area contributed by atoms with Gasteiger partial charge in [0, 0.05) is 49.1 Å². The minimum atomic E-state index is -0.288. The van der Waals surface area contributed by atoms with E-state index in [1.165, 1.54) is 12.1 Å². The van der Waals surface area contributed by atoms with Gasteiger partial charge in [-0.05, 0) is 60.7 Å². The van der Waals surface area contributed by atoms with Crippen LogP contribution in [0.5, 0.6) is 0 Å². The van der Waals surface area contributed by atoms with Gasteiger partial charge in [0.05, 0.1) is 12.3 Å². The van der Waals surface area contributed by atoms with Gasteiger partial charge in [-0.25, -0.2) is 9.18 Å². The Labute approximate surface area is 185 Å². The predicted octanol–water partition coefficient (Wildman–Crippen LogP) is 4.76. The Bertz CT molecular complexity index is 972. The SMILES string of the molecule is O=C(NCC(c1ccco1)N1CCN(c2ccc(F)cc2)CC1)Nc1ccc(Cl)cc1. The van der Waals surface area contributed by atoms with E-state index in [1.807, 2.05) is 12.1 Å². The van der Waals surface area contributed by atoms with E-state index in [1.54, 1.807) is 42.7 Å². The quantitative estimate of drug-likeness (QED) is 0.578. The molecule has 2 aromatic carbocycles. The van der Waals surface area contributed by atoms with E-state index in [2.05, 4.69) is 20.4 Å². The molecule has 4 rings (SSSR count). The second kappa shape index (κ2) is 9.85. The van der Waals surface area contributed by atoms with E-state index in [9.17, 15) is 9.18 Å². The molecule has 1 fully saturated rings. The molecule has 0 radical (unpaired) electrons. The molecule has 1 saturated heterocycles. The van der Waals surface area contributed by atoms with Gasteiger partial charge in [0.15, 0.2) is 0 Å². The summed E-state index contributed by atoms with van der Waals surface area (Å²) in [4.78, 5) is 16.9. The van der Waals surface area contributed by atoms with Crippen molar-refractivity contribution in [1.82, 2.24) is 10.2 Å². The lowest BCUT2D eigenvalue weighted by Crippen LogP contribution is -2.50. The number of rotatable bonds is 6. The highest BCUT2D eigenvalue weighted by Gasteiger charge is 2.27. The van der Waals surface area contributed by atoms with Gasteiger partial charge in [-0.1, -0.05) is 11.6 Å². The lowest BCUT2D eigenvalue weighted by atomic mass is 10.1. The van der Waals surface area contributed by atoms with Crippen molar-refractivity contribution in [2.24, 2.45) is 0 Å². The zero-order chi connectivity index (χ0) is 21.6.